The van der Waals surface area contributed by atoms with Gasteiger partial charge in [0.15, 0.2) is 6.73 Å². The lowest BCUT2D eigenvalue weighted by atomic mass is 9.98. The molecule has 3 aromatic rings. The molecular weight excluding hydrogens is 354 g/mol. The molecule has 28 heavy (non-hydrogen) atoms. The summed E-state index contributed by atoms with van der Waals surface area (Å²) >= 11 is 0. The molecule has 0 saturated heterocycles. The minimum Gasteiger partial charge on any atom is -0.494 e. The van der Waals surface area contributed by atoms with Gasteiger partial charge in [-0.1, -0.05) is 13.3 Å². The zero-order valence-electron chi connectivity index (χ0n) is 16.6. The van der Waals surface area contributed by atoms with Crippen molar-refractivity contribution < 1.29 is 13.9 Å². The van der Waals surface area contributed by atoms with E-state index >= 15 is 0 Å². The van der Waals surface area contributed by atoms with Crippen molar-refractivity contribution in [1.82, 2.24) is 0 Å². The molecule has 1 aliphatic heterocycles. The van der Waals surface area contributed by atoms with Crippen LogP contribution in [0.25, 0.3) is 11.0 Å². The predicted octanol–water partition coefficient (Wildman–Crippen LogP) is 4.81. The maximum absolute atomic E-state index is 12.0. The molecule has 0 N–H and O–H groups in total. The summed E-state index contributed by atoms with van der Waals surface area (Å²) in [5.74, 6) is 1.69. The molecule has 0 spiro atoms. The number of ether oxygens (including phenoxy) is 2. The van der Waals surface area contributed by atoms with Crippen LogP contribution >= 0.6 is 0 Å². The highest BCUT2D eigenvalue weighted by atomic mass is 16.5. The number of benzene rings is 2. The van der Waals surface area contributed by atoms with Crippen LogP contribution in [0.15, 0.2) is 45.6 Å². The van der Waals surface area contributed by atoms with Gasteiger partial charge in [0.05, 0.1) is 6.61 Å². The van der Waals surface area contributed by atoms with Gasteiger partial charge in [-0.2, -0.15) is 0 Å². The van der Waals surface area contributed by atoms with Crippen molar-refractivity contribution in [2.45, 2.75) is 40.2 Å². The minimum atomic E-state index is -0.300. The maximum Gasteiger partial charge on any atom is 0.336 e. The van der Waals surface area contributed by atoms with Crippen molar-refractivity contribution in [2.75, 3.05) is 18.2 Å². The molecule has 146 valence electrons. The smallest absolute Gasteiger partial charge is 0.336 e. The number of hydrogen-bond donors (Lipinski definition) is 0. The first-order valence-corrected chi connectivity index (χ1v) is 9.80. The highest BCUT2D eigenvalue weighted by Crippen LogP contribution is 2.37. The van der Waals surface area contributed by atoms with Gasteiger partial charge in [0, 0.05) is 34.8 Å². The van der Waals surface area contributed by atoms with Crippen molar-refractivity contribution in [1.29, 1.82) is 0 Å². The molecule has 0 saturated carbocycles. The van der Waals surface area contributed by atoms with Crippen LogP contribution in [0.5, 0.6) is 11.5 Å². The highest BCUT2D eigenvalue weighted by molar-refractivity contribution is 5.86. The monoisotopic (exact) mass is 379 g/mol. The van der Waals surface area contributed by atoms with Crippen LogP contribution in [-0.4, -0.2) is 13.3 Å². The van der Waals surface area contributed by atoms with E-state index in [0.29, 0.717) is 18.9 Å². The molecule has 5 nitrogen and oxygen atoms in total. The van der Waals surface area contributed by atoms with Crippen LogP contribution < -0.4 is 20.0 Å². The van der Waals surface area contributed by atoms with Gasteiger partial charge < -0.3 is 18.8 Å². The van der Waals surface area contributed by atoms with E-state index in [2.05, 4.69) is 30.0 Å². The van der Waals surface area contributed by atoms with E-state index in [9.17, 15) is 4.79 Å². The second kappa shape index (κ2) is 7.58. The topological polar surface area (TPSA) is 51.9 Å². The van der Waals surface area contributed by atoms with Gasteiger partial charge in [0.2, 0.25) is 0 Å². The average molecular weight is 379 g/mol. The van der Waals surface area contributed by atoms with Crippen molar-refractivity contribution in [3.8, 4) is 11.5 Å². The Bertz CT molecular complexity index is 1050. The van der Waals surface area contributed by atoms with Gasteiger partial charge in [-0.15, -0.1) is 0 Å². The van der Waals surface area contributed by atoms with Crippen LogP contribution in [0.3, 0.4) is 0 Å². The summed E-state index contributed by atoms with van der Waals surface area (Å²) in [6.45, 7) is 7.90. The zero-order chi connectivity index (χ0) is 19.7. The molecule has 1 aromatic heterocycles. The Balaban J connectivity index is 1.72. The summed E-state index contributed by atoms with van der Waals surface area (Å²) in [5.41, 5.74) is 4.47. The Morgan fingerprint density at radius 1 is 1.14 bits per heavy atom. The second-order valence-corrected chi connectivity index (χ2v) is 7.11. The molecule has 1 aliphatic rings. The Hall–Kier alpha value is -2.95. The summed E-state index contributed by atoms with van der Waals surface area (Å²) in [6.07, 6.45) is 1.83. The fourth-order valence-corrected chi connectivity index (χ4v) is 3.85. The Morgan fingerprint density at radius 2 is 1.93 bits per heavy atom. The van der Waals surface area contributed by atoms with E-state index in [1.165, 1.54) is 0 Å². The van der Waals surface area contributed by atoms with Crippen molar-refractivity contribution in [3.63, 3.8) is 0 Å². The fourth-order valence-electron chi connectivity index (χ4n) is 3.85. The third-order valence-corrected chi connectivity index (χ3v) is 5.13. The summed E-state index contributed by atoms with van der Waals surface area (Å²) < 4.78 is 17.1. The molecule has 0 aliphatic carbocycles. The average Bonchev–Trinajstić information content (AvgIpc) is 2.70. The standard InChI is InChI=1S/C23H25NO4/c1-4-6-16-12-21(25)28-23-15(3)22-17(11-20(16)23)13-24(14-27-22)18-7-9-19(10-8-18)26-5-2/h7-12H,4-6,13-14H2,1-3H3. The van der Waals surface area contributed by atoms with E-state index in [4.69, 9.17) is 13.9 Å². The van der Waals surface area contributed by atoms with E-state index in [0.717, 1.165) is 58.6 Å². The van der Waals surface area contributed by atoms with Crippen molar-refractivity contribution >= 4 is 16.7 Å². The first-order valence-electron chi connectivity index (χ1n) is 9.80. The molecule has 5 heteroatoms. The van der Waals surface area contributed by atoms with Gasteiger partial charge in [0.25, 0.3) is 0 Å². The van der Waals surface area contributed by atoms with E-state index < -0.39 is 0 Å². The first kappa shape index (κ1) is 18.4. The van der Waals surface area contributed by atoms with Crippen LogP contribution in [0, 0.1) is 6.92 Å². The SMILES string of the molecule is CCCc1cc(=O)oc2c(C)c3c(cc12)CN(c1ccc(OCC)cc1)CO3. The summed E-state index contributed by atoms with van der Waals surface area (Å²) in [4.78, 5) is 14.2. The van der Waals surface area contributed by atoms with E-state index in [1.54, 1.807) is 6.07 Å². The lowest BCUT2D eigenvalue weighted by Crippen LogP contribution is -2.32. The maximum atomic E-state index is 12.0. The molecule has 4 rings (SSSR count). The van der Waals surface area contributed by atoms with Crippen LogP contribution in [0.1, 0.15) is 37.0 Å². The molecule has 0 bridgehead atoms. The zero-order valence-corrected chi connectivity index (χ0v) is 16.6. The number of anilines is 1. The van der Waals surface area contributed by atoms with Crippen LogP contribution in [0.2, 0.25) is 0 Å². The summed E-state index contributed by atoms with van der Waals surface area (Å²) in [5, 5.41) is 1.01. The molecule has 0 fully saturated rings. The normalized spacial score (nSPS) is 13.3. The van der Waals surface area contributed by atoms with Gasteiger partial charge in [-0.3, -0.25) is 0 Å². The summed E-state index contributed by atoms with van der Waals surface area (Å²) in [7, 11) is 0. The van der Waals surface area contributed by atoms with Gasteiger partial charge in [0.1, 0.15) is 17.1 Å². The molecule has 2 aromatic carbocycles. The Kier molecular flexibility index (Phi) is 4.99. The predicted molar refractivity (Wildman–Crippen MR) is 111 cm³/mol. The first-order chi connectivity index (χ1) is 13.6. The van der Waals surface area contributed by atoms with E-state index in [-0.39, 0.29) is 5.63 Å². The lowest BCUT2D eigenvalue weighted by molar-refractivity contribution is 0.287. The number of rotatable bonds is 5. The van der Waals surface area contributed by atoms with Gasteiger partial charge >= 0.3 is 5.63 Å². The van der Waals surface area contributed by atoms with Gasteiger partial charge in [-0.05, 0) is 56.2 Å². The molecule has 0 unspecified atom stereocenters. The van der Waals surface area contributed by atoms with Gasteiger partial charge in [-0.25, -0.2) is 4.79 Å². The Morgan fingerprint density at radius 3 is 2.64 bits per heavy atom. The summed E-state index contributed by atoms with van der Waals surface area (Å²) in [6, 6.07) is 11.8. The van der Waals surface area contributed by atoms with Crippen LogP contribution in [-0.2, 0) is 13.0 Å². The molecule has 0 atom stereocenters. The quantitative estimate of drug-likeness (QED) is 0.596. The number of hydrogen-bond acceptors (Lipinski definition) is 5. The Labute approximate surface area is 164 Å². The highest BCUT2D eigenvalue weighted by Gasteiger charge is 2.23. The number of nitrogens with zero attached hydrogens (tertiary/aromatic N) is 1. The number of aryl methyl sites for hydroxylation is 2. The van der Waals surface area contributed by atoms with Crippen molar-refractivity contribution in [3.05, 3.63) is 63.5 Å². The third kappa shape index (κ3) is 3.33. The van der Waals surface area contributed by atoms with Crippen LogP contribution in [0.4, 0.5) is 5.69 Å². The third-order valence-electron chi connectivity index (χ3n) is 5.13. The van der Waals surface area contributed by atoms with E-state index in [1.807, 2.05) is 26.0 Å². The number of fused-ring (bicyclic) bond motifs is 2. The lowest BCUT2D eigenvalue weighted by Gasteiger charge is -2.32. The molecular formula is C23H25NO4. The second-order valence-electron chi connectivity index (χ2n) is 7.11. The molecule has 2 heterocycles. The largest absolute Gasteiger partial charge is 0.494 e. The fraction of sp³-hybridized carbons (Fsp3) is 0.348. The van der Waals surface area contributed by atoms with Crippen molar-refractivity contribution in [2.24, 2.45) is 0 Å². The molecule has 0 radical (unpaired) electrons. The molecule has 0 amide bonds. The minimum absolute atomic E-state index is 0.300.